The van der Waals surface area contributed by atoms with Gasteiger partial charge in [0.05, 0.1) is 0 Å². The van der Waals surface area contributed by atoms with Crippen molar-refractivity contribution in [3.05, 3.63) is 17.8 Å². The Morgan fingerprint density at radius 3 is 3.00 bits per heavy atom. The van der Waals surface area contributed by atoms with E-state index in [0.29, 0.717) is 11.2 Å². The highest BCUT2D eigenvalue weighted by Crippen LogP contribution is 2.15. The summed E-state index contributed by atoms with van der Waals surface area (Å²) in [5.41, 5.74) is 13.0. The number of pyridine rings is 1. The van der Waals surface area contributed by atoms with Crippen molar-refractivity contribution >= 4 is 23.0 Å². The van der Waals surface area contributed by atoms with Crippen LogP contribution in [0.3, 0.4) is 0 Å². The standard InChI is InChI=1S/C9H11N5O/c1-5-2-6-8(12-3-5)14(4-7(10)15)9(11)13-6/h2-3H,4H2,1H3,(H2,10,15)(H2,11,13). The molecule has 2 rings (SSSR count). The lowest BCUT2D eigenvalue weighted by Crippen LogP contribution is -2.20. The molecule has 0 saturated carbocycles. The van der Waals surface area contributed by atoms with Crippen molar-refractivity contribution in [3.8, 4) is 0 Å². The Bertz CT molecular complexity index is 531. The van der Waals surface area contributed by atoms with Crippen LogP contribution in [0.2, 0.25) is 0 Å². The lowest BCUT2D eigenvalue weighted by molar-refractivity contribution is -0.118. The van der Waals surface area contributed by atoms with E-state index in [-0.39, 0.29) is 12.5 Å². The van der Waals surface area contributed by atoms with E-state index >= 15 is 0 Å². The van der Waals surface area contributed by atoms with Crippen molar-refractivity contribution in [2.75, 3.05) is 5.73 Å². The van der Waals surface area contributed by atoms with E-state index in [2.05, 4.69) is 9.97 Å². The van der Waals surface area contributed by atoms with Crippen molar-refractivity contribution in [1.29, 1.82) is 0 Å². The van der Waals surface area contributed by atoms with Crippen LogP contribution >= 0.6 is 0 Å². The van der Waals surface area contributed by atoms with Crippen LogP contribution in [0.1, 0.15) is 5.56 Å². The number of nitrogens with two attached hydrogens (primary N) is 2. The Morgan fingerprint density at radius 1 is 1.60 bits per heavy atom. The smallest absolute Gasteiger partial charge is 0.237 e. The maximum absolute atomic E-state index is 10.8. The summed E-state index contributed by atoms with van der Waals surface area (Å²) in [5, 5.41) is 0. The van der Waals surface area contributed by atoms with Gasteiger partial charge in [0, 0.05) is 6.20 Å². The van der Waals surface area contributed by atoms with Crippen molar-refractivity contribution in [2.24, 2.45) is 5.73 Å². The van der Waals surface area contributed by atoms with Gasteiger partial charge in [-0.1, -0.05) is 0 Å². The Morgan fingerprint density at radius 2 is 2.33 bits per heavy atom. The Hall–Kier alpha value is -2.11. The van der Waals surface area contributed by atoms with Gasteiger partial charge in [0.2, 0.25) is 11.9 Å². The molecule has 6 heteroatoms. The molecule has 0 fully saturated rings. The Kier molecular flexibility index (Phi) is 2.03. The lowest BCUT2D eigenvalue weighted by atomic mass is 10.3. The summed E-state index contributed by atoms with van der Waals surface area (Å²) in [5.74, 6) is -0.217. The van der Waals surface area contributed by atoms with Crippen molar-refractivity contribution in [3.63, 3.8) is 0 Å². The summed E-state index contributed by atoms with van der Waals surface area (Å²) >= 11 is 0. The van der Waals surface area contributed by atoms with Crippen LogP contribution in [0, 0.1) is 6.92 Å². The fraction of sp³-hybridized carbons (Fsp3) is 0.222. The molecule has 0 bridgehead atoms. The SMILES string of the molecule is Cc1cnc2c(c1)nc(N)n2CC(N)=O. The van der Waals surface area contributed by atoms with Gasteiger partial charge in [0.1, 0.15) is 12.1 Å². The molecule has 0 radical (unpaired) electrons. The molecular weight excluding hydrogens is 194 g/mol. The number of aryl methyl sites for hydroxylation is 1. The lowest BCUT2D eigenvalue weighted by Gasteiger charge is -2.01. The van der Waals surface area contributed by atoms with Gasteiger partial charge in [-0.2, -0.15) is 0 Å². The maximum atomic E-state index is 10.8. The summed E-state index contributed by atoms with van der Waals surface area (Å²) in [4.78, 5) is 19.1. The fourth-order valence-corrected chi connectivity index (χ4v) is 1.44. The van der Waals surface area contributed by atoms with Crippen molar-refractivity contribution < 1.29 is 4.79 Å². The normalized spacial score (nSPS) is 10.7. The number of carbonyl (C=O) groups is 1. The van der Waals surface area contributed by atoms with Gasteiger partial charge in [0.25, 0.3) is 0 Å². The minimum absolute atomic E-state index is 0.00159. The molecule has 1 amide bonds. The highest BCUT2D eigenvalue weighted by molar-refractivity contribution is 5.79. The van der Waals surface area contributed by atoms with Gasteiger partial charge in [-0.15, -0.1) is 0 Å². The van der Waals surface area contributed by atoms with Crippen LogP contribution in [0.25, 0.3) is 11.2 Å². The van der Waals surface area contributed by atoms with Crippen molar-refractivity contribution in [1.82, 2.24) is 14.5 Å². The number of fused-ring (bicyclic) bond motifs is 1. The van der Waals surface area contributed by atoms with E-state index in [1.165, 1.54) is 4.57 Å². The Labute approximate surface area is 85.9 Å². The molecule has 0 unspecified atom stereocenters. The molecule has 0 aliphatic heterocycles. The number of hydrogen-bond donors (Lipinski definition) is 2. The number of rotatable bonds is 2. The molecule has 2 aromatic rings. The zero-order valence-corrected chi connectivity index (χ0v) is 8.27. The topological polar surface area (TPSA) is 99.8 Å². The number of primary amides is 1. The van der Waals surface area contributed by atoms with E-state index in [9.17, 15) is 4.79 Å². The number of amides is 1. The second kappa shape index (κ2) is 3.23. The number of nitrogens with zero attached hydrogens (tertiary/aromatic N) is 3. The molecule has 0 aliphatic rings. The molecule has 6 nitrogen and oxygen atoms in total. The zero-order chi connectivity index (χ0) is 11.0. The van der Waals surface area contributed by atoms with Gasteiger partial charge < -0.3 is 11.5 Å². The number of imidazole rings is 1. The molecule has 0 aromatic carbocycles. The minimum atomic E-state index is -0.469. The first-order chi connectivity index (χ1) is 7.08. The molecular formula is C9H11N5O. The average molecular weight is 205 g/mol. The number of nitrogen functional groups attached to an aromatic ring is 1. The third-order valence-electron chi connectivity index (χ3n) is 2.07. The van der Waals surface area contributed by atoms with Crippen LogP contribution in [0.5, 0.6) is 0 Å². The van der Waals surface area contributed by atoms with E-state index in [4.69, 9.17) is 11.5 Å². The van der Waals surface area contributed by atoms with E-state index in [0.717, 1.165) is 5.56 Å². The molecule has 0 atom stereocenters. The van der Waals surface area contributed by atoms with Crippen LogP contribution in [-0.4, -0.2) is 20.4 Å². The highest BCUT2D eigenvalue weighted by atomic mass is 16.1. The number of aromatic nitrogens is 3. The number of anilines is 1. The molecule has 2 aromatic heterocycles. The Balaban J connectivity index is 2.63. The molecule has 4 N–H and O–H groups in total. The van der Waals surface area contributed by atoms with E-state index in [1.807, 2.05) is 13.0 Å². The fourth-order valence-electron chi connectivity index (χ4n) is 1.44. The maximum Gasteiger partial charge on any atom is 0.237 e. The van der Waals surface area contributed by atoms with Crippen LogP contribution < -0.4 is 11.5 Å². The van der Waals surface area contributed by atoms with Gasteiger partial charge in [0.15, 0.2) is 5.65 Å². The third kappa shape index (κ3) is 1.61. The molecule has 2 heterocycles. The van der Waals surface area contributed by atoms with E-state index in [1.54, 1.807) is 6.20 Å². The van der Waals surface area contributed by atoms with Crippen LogP contribution in [0.15, 0.2) is 12.3 Å². The molecule has 0 aliphatic carbocycles. The predicted molar refractivity (Wildman–Crippen MR) is 55.9 cm³/mol. The molecule has 15 heavy (non-hydrogen) atoms. The predicted octanol–water partition coefficient (Wildman–Crippen LogP) is -0.193. The van der Waals surface area contributed by atoms with E-state index < -0.39 is 5.91 Å². The second-order valence-electron chi connectivity index (χ2n) is 3.38. The third-order valence-corrected chi connectivity index (χ3v) is 2.07. The van der Waals surface area contributed by atoms with Crippen LogP contribution in [-0.2, 0) is 11.3 Å². The first kappa shape index (κ1) is 9.45. The van der Waals surface area contributed by atoms with Gasteiger partial charge in [-0.05, 0) is 18.6 Å². The average Bonchev–Trinajstić information content (AvgIpc) is 2.41. The molecule has 78 valence electrons. The quantitative estimate of drug-likeness (QED) is 0.709. The van der Waals surface area contributed by atoms with Crippen molar-refractivity contribution in [2.45, 2.75) is 13.5 Å². The second-order valence-corrected chi connectivity index (χ2v) is 3.38. The minimum Gasteiger partial charge on any atom is -0.369 e. The summed E-state index contributed by atoms with van der Waals surface area (Å²) in [6, 6.07) is 1.86. The van der Waals surface area contributed by atoms with Gasteiger partial charge in [-0.25, -0.2) is 9.97 Å². The molecule has 0 spiro atoms. The first-order valence-corrected chi connectivity index (χ1v) is 4.44. The summed E-state index contributed by atoms with van der Waals surface area (Å²) < 4.78 is 1.50. The highest BCUT2D eigenvalue weighted by Gasteiger charge is 2.10. The number of carbonyl (C=O) groups excluding carboxylic acids is 1. The number of hydrogen-bond acceptors (Lipinski definition) is 4. The van der Waals surface area contributed by atoms with Crippen LogP contribution in [0.4, 0.5) is 5.95 Å². The molecule has 0 saturated heterocycles. The monoisotopic (exact) mass is 205 g/mol. The largest absolute Gasteiger partial charge is 0.369 e. The van der Waals surface area contributed by atoms with Gasteiger partial charge in [-0.3, -0.25) is 9.36 Å². The summed E-state index contributed by atoms with van der Waals surface area (Å²) in [6.07, 6.45) is 1.70. The van der Waals surface area contributed by atoms with Gasteiger partial charge >= 0.3 is 0 Å². The summed E-state index contributed by atoms with van der Waals surface area (Å²) in [6.45, 7) is 1.91. The first-order valence-electron chi connectivity index (χ1n) is 4.44. The zero-order valence-electron chi connectivity index (χ0n) is 8.27. The summed E-state index contributed by atoms with van der Waals surface area (Å²) in [7, 11) is 0.